The van der Waals surface area contributed by atoms with E-state index in [0.717, 1.165) is 18.7 Å². The van der Waals surface area contributed by atoms with Gasteiger partial charge in [-0.3, -0.25) is 4.98 Å². The molecule has 0 radical (unpaired) electrons. The summed E-state index contributed by atoms with van der Waals surface area (Å²) < 4.78 is 4.68. The number of aromatic nitrogens is 3. The lowest BCUT2D eigenvalue weighted by Gasteiger charge is -2.12. The van der Waals surface area contributed by atoms with Crippen LogP contribution in [0.3, 0.4) is 0 Å². The molecule has 3 heteroatoms. The molecule has 0 amide bonds. The van der Waals surface area contributed by atoms with Crippen molar-refractivity contribution in [3.8, 4) is 28.2 Å². The fourth-order valence-corrected chi connectivity index (χ4v) is 4.94. The van der Waals surface area contributed by atoms with Crippen molar-refractivity contribution in [2.24, 2.45) is 0 Å². The molecule has 1 aliphatic carbocycles. The van der Waals surface area contributed by atoms with Crippen LogP contribution in [0.15, 0.2) is 60.9 Å². The molecule has 0 spiro atoms. The summed E-state index contributed by atoms with van der Waals surface area (Å²) in [5, 5.41) is 0. The Bertz CT molecular complexity index is 1250. The molecule has 3 heterocycles. The molecular weight excluding hydrogens is 330 g/mol. The van der Waals surface area contributed by atoms with Gasteiger partial charge in [-0.1, -0.05) is 42.5 Å². The van der Waals surface area contributed by atoms with E-state index in [1.54, 1.807) is 0 Å². The van der Waals surface area contributed by atoms with Crippen LogP contribution in [0.25, 0.3) is 28.2 Å². The topological polar surface area (TPSA) is 21.7 Å². The number of fused-ring (bicyclic) bond motifs is 6. The maximum absolute atomic E-state index is 5.04. The fourth-order valence-electron chi connectivity index (χ4n) is 4.94. The van der Waals surface area contributed by atoms with E-state index < -0.39 is 0 Å². The quantitative estimate of drug-likeness (QED) is 0.403. The molecule has 3 nitrogen and oxygen atoms in total. The molecule has 1 aliphatic heterocycles. The minimum atomic E-state index is 0.939. The Labute approximate surface area is 158 Å². The van der Waals surface area contributed by atoms with E-state index >= 15 is 0 Å². The number of rotatable bonds is 1. The van der Waals surface area contributed by atoms with Gasteiger partial charge in [0.2, 0.25) is 0 Å². The normalized spacial score (nSPS) is 13.3. The van der Waals surface area contributed by atoms with E-state index in [0.29, 0.717) is 0 Å². The van der Waals surface area contributed by atoms with Crippen LogP contribution in [0, 0.1) is 13.8 Å². The molecular formula is C24H20N3+. The number of hydrogen-bond acceptors (Lipinski definition) is 1. The monoisotopic (exact) mass is 350 g/mol. The van der Waals surface area contributed by atoms with Gasteiger partial charge >= 0.3 is 0 Å². The van der Waals surface area contributed by atoms with Gasteiger partial charge in [0.15, 0.2) is 5.69 Å². The van der Waals surface area contributed by atoms with E-state index in [2.05, 4.69) is 83.9 Å². The summed E-state index contributed by atoms with van der Waals surface area (Å²) in [5.74, 6) is 1.25. The molecule has 6 rings (SSSR count). The van der Waals surface area contributed by atoms with Gasteiger partial charge in [-0.2, -0.15) is 4.57 Å². The maximum atomic E-state index is 5.04. The molecule has 0 saturated carbocycles. The Balaban J connectivity index is 1.63. The van der Waals surface area contributed by atoms with Crippen molar-refractivity contribution in [1.29, 1.82) is 0 Å². The van der Waals surface area contributed by atoms with Crippen molar-refractivity contribution in [1.82, 2.24) is 9.55 Å². The molecule has 27 heavy (non-hydrogen) atoms. The minimum Gasteiger partial charge on any atom is -0.253 e. The van der Waals surface area contributed by atoms with Crippen molar-refractivity contribution >= 4 is 0 Å². The highest BCUT2D eigenvalue weighted by atomic mass is 15.2. The Kier molecular flexibility index (Phi) is 2.85. The van der Waals surface area contributed by atoms with Crippen LogP contribution < -0.4 is 4.57 Å². The van der Waals surface area contributed by atoms with Crippen LogP contribution in [0.5, 0.6) is 0 Å². The van der Waals surface area contributed by atoms with E-state index in [1.807, 2.05) is 0 Å². The van der Waals surface area contributed by atoms with Crippen LogP contribution in [0.1, 0.15) is 28.1 Å². The summed E-state index contributed by atoms with van der Waals surface area (Å²) in [6.07, 6.45) is 5.32. The number of imidazole rings is 1. The largest absolute Gasteiger partial charge is 0.294 e. The first kappa shape index (κ1) is 14.9. The second kappa shape index (κ2) is 5.17. The predicted molar refractivity (Wildman–Crippen MR) is 106 cm³/mol. The summed E-state index contributed by atoms with van der Waals surface area (Å²) in [4.78, 5) is 5.04. The van der Waals surface area contributed by atoms with Crippen LogP contribution in [-0.2, 0) is 13.0 Å². The molecule has 2 aromatic carbocycles. The smallest absolute Gasteiger partial charge is 0.253 e. The first-order chi connectivity index (χ1) is 13.2. The molecule has 2 aromatic heterocycles. The Morgan fingerprint density at radius 1 is 0.926 bits per heavy atom. The summed E-state index contributed by atoms with van der Waals surface area (Å²) in [5.41, 5.74) is 11.6. The van der Waals surface area contributed by atoms with Gasteiger partial charge < -0.3 is 0 Å². The molecule has 0 N–H and O–H groups in total. The fraction of sp³-hybridized carbons (Fsp3) is 0.167. The third kappa shape index (κ3) is 1.91. The van der Waals surface area contributed by atoms with Crippen LogP contribution in [-0.4, -0.2) is 9.55 Å². The van der Waals surface area contributed by atoms with Crippen molar-refractivity contribution in [3.05, 3.63) is 89.0 Å². The zero-order valence-corrected chi connectivity index (χ0v) is 15.5. The van der Waals surface area contributed by atoms with Crippen molar-refractivity contribution < 1.29 is 4.57 Å². The van der Waals surface area contributed by atoms with Gasteiger partial charge in [0.1, 0.15) is 18.9 Å². The summed E-state index contributed by atoms with van der Waals surface area (Å²) in [6.45, 7) is 5.34. The average Bonchev–Trinajstić information content (AvgIpc) is 3.33. The van der Waals surface area contributed by atoms with E-state index in [4.69, 9.17) is 4.98 Å². The summed E-state index contributed by atoms with van der Waals surface area (Å²) in [6, 6.07) is 17.4. The second-order valence-electron chi connectivity index (χ2n) is 7.60. The van der Waals surface area contributed by atoms with E-state index in [-0.39, 0.29) is 0 Å². The van der Waals surface area contributed by atoms with E-state index in [1.165, 1.54) is 50.6 Å². The number of nitrogens with zero attached hydrogens (tertiary/aromatic N) is 3. The van der Waals surface area contributed by atoms with Gasteiger partial charge in [0.25, 0.3) is 5.82 Å². The maximum Gasteiger partial charge on any atom is 0.294 e. The SMILES string of the molecule is Cc1nc2c(c(C)c1-n1cc[n+]3c1-c1ccccc1C3)-c1ccccc1C2. The number of pyridine rings is 1. The zero-order valence-electron chi connectivity index (χ0n) is 15.5. The Hall–Kier alpha value is -3.20. The van der Waals surface area contributed by atoms with Gasteiger partial charge in [-0.15, -0.1) is 0 Å². The summed E-state index contributed by atoms with van der Waals surface area (Å²) in [7, 11) is 0. The minimum absolute atomic E-state index is 0.939. The zero-order chi connectivity index (χ0) is 18.1. The van der Waals surface area contributed by atoms with Crippen LogP contribution >= 0.6 is 0 Å². The first-order valence-electron chi connectivity index (χ1n) is 9.50. The molecule has 0 fully saturated rings. The molecule has 0 unspecified atom stereocenters. The van der Waals surface area contributed by atoms with Crippen LogP contribution in [0.2, 0.25) is 0 Å². The molecule has 2 aliphatic rings. The lowest BCUT2D eigenvalue weighted by atomic mass is 10.0. The third-order valence-electron chi connectivity index (χ3n) is 6.04. The van der Waals surface area contributed by atoms with Crippen LogP contribution in [0.4, 0.5) is 0 Å². The van der Waals surface area contributed by atoms with E-state index in [9.17, 15) is 0 Å². The van der Waals surface area contributed by atoms with Gasteiger partial charge in [0.05, 0.1) is 17.0 Å². The predicted octanol–water partition coefficient (Wildman–Crippen LogP) is 4.38. The number of hydrogen-bond donors (Lipinski definition) is 0. The van der Waals surface area contributed by atoms with Crippen molar-refractivity contribution in [2.45, 2.75) is 26.8 Å². The van der Waals surface area contributed by atoms with Crippen molar-refractivity contribution in [3.63, 3.8) is 0 Å². The number of benzene rings is 2. The highest BCUT2D eigenvalue weighted by Gasteiger charge is 2.33. The average molecular weight is 350 g/mol. The standard InChI is InChI=1S/C24H20N3/c1-15-22-19-9-5-3-7-17(19)13-21(22)25-16(2)23(15)27-12-11-26-14-18-8-4-6-10-20(18)24(26)27/h3-12H,13-14H2,1-2H3/q+1. The lowest BCUT2D eigenvalue weighted by Crippen LogP contribution is -2.30. The second-order valence-corrected chi connectivity index (χ2v) is 7.60. The highest BCUT2D eigenvalue weighted by molar-refractivity contribution is 5.81. The Morgan fingerprint density at radius 2 is 1.67 bits per heavy atom. The molecule has 130 valence electrons. The highest BCUT2D eigenvalue weighted by Crippen LogP contribution is 2.41. The van der Waals surface area contributed by atoms with Gasteiger partial charge in [-0.25, -0.2) is 4.57 Å². The number of aryl methyl sites for hydroxylation is 1. The first-order valence-corrected chi connectivity index (χ1v) is 9.50. The van der Waals surface area contributed by atoms with Gasteiger partial charge in [0, 0.05) is 23.1 Å². The van der Waals surface area contributed by atoms with Crippen molar-refractivity contribution in [2.75, 3.05) is 0 Å². The molecule has 0 saturated heterocycles. The molecule has 0 bridgehead atoms. The molecule has 0 atom stereocenters. The lowest BCUT2D eigenvalue weighted by molar-refractivity contribution is -0.671. The Morgan fingerprint density at radius 3 is 2.52 bits per heavy atom. The third-order valence-corrected chi connectivity index (χ3v) is 6.04. The summed E-state index contributed by atoms with van der Waals surface area (Å²) >= 11 is 0. The molecule has 4 aromatic rings. The van der Waals surface area contributed by atoms with Gasteiger partial charge in [-0.05, 0) is 31.0 Å².